The standard InChI is InChI=1S/C7H7O.BH3O3.K/c1-8-7-5-3-2-4-6-7;2-1(3)4;/h2-6H,1H2;2-4H;/q-1;;+1. The average molecular weight is 208 g/mol. The quantitative estimate of drug-likeness (QED) is 0.336. The topological polar surface area (TPSA) is 69.9 Å². The summed E-state index contributed by atoms with van der Waals surface area (Å²) in [5, 5.41) is 21.5. The number of benzene rings is 1. The normalized spacial score (nSPS) is 7.38. The molecule has 0 atom stereocenters. The molecule has 0 saturated heterocycles. The maximum absolute atomic E-state index is 7.17. The minimum Gasteiger partial charge on any atom is -0.665 e. The Morgan fingerprint density at radius 1 is 1.08 bits per heavy atom. The second-order valence-electron chi connectivity index (χ2n) is 1.80. The van der Waals surface area contributed by atoms with Crippen molar-refractivity contribution < 1.29 is 71.2 Å². The minimum absolute atomic E-state index is 0. The first-order chi connectivity index (χ1) is 5.66. The fourth-order valence-corrected chi connectivity index (χ4v) is 0.517. The maximum Gasteiger partial charge on any atom is 1.00 e. The molecule has 6 heteroatoms. The van der Waals surface area contributed by atoms with Crippen LogP contribution in [0.4, 0.5) is 0 Å². The van der Waals surface area contributed by atoms with Crippen LogP contribution >= 0.6 is 0 Å². The second-order valence-corrected chi connectivity index (χ2v) is 1.80. The second kappa shape index (κ2) is 10.7. The van der Waals surface area contributed by atoms with Crippen LogP contribution in [0.15, 0.2) is 30.3 Å². The Balaban J connectivity index is 0. The van der Waals surface area contributed by atoms with Crippen LogP contribution in [0.3, 0.4) is 0 Å². The fourth-order valence-electron chi connectivity index (χ4n) is 0.517. The van der Waals surface area contributed by atoms with E-state index in [0.29, 0.717) is 0 Å². The van der Waals surface area contributed by atoms with Crippen molar-refractivity contribution in [1.29, 1.82) is 0 Å². The molecule has 3 N–H and O–H groups in total. The summed E-state index contributed by atoms with van der Waals surface area (Å²) < 4.78 is 4.66. The summed E-state index contributed by atoms with van der Waals surface area (Å²) in [6.07, 6.45) is 0. The molecule has 0 saturated carbocycles. The molecule has 0 fully saturated rings. The Labute approximate surface area is 120 Å². The molecular weight excluding hydrogens is 198 g/mol. The summed E-state index contributed by atoms with van der Waals surface area (Å²) in [7, 11) is 1.09. The van der Waals surface area contributed by atoms with E-state index in [1.165, 1.54) is 0 Å². The first kappa shape index (κ1) is 16.0. The molecule has 0 radical (unpaired) electrons. The van der Waals surface area contributed by atoms with Gasteiger partial charge in [-0.05, 0) is 12.1 Å². The van der Waals surface area contributed by atoms with Crippen LogP contribution in [0, 0.1) is 7.11 Å². The van der Waals surface area contributed by atoms with Gasteiger partial charge >= 0.3 is 58.7 Å². The van der Waals surface area contributed by atoms with Crippen LogP contribution < -0.4 is 56.1 Å². The van der Waals surface area contributed by atoms with Crippen LogP contribution in [0.2, 0.25) is 0 Å². The summed E-state index contributed by atoms with van der Waals surface area (Å²) >= 11 is 0. The van der Waals surface area contributed by atoms with Crippen molar-refractivity contribution in [2.24, 2.45) is 0 Å². The number of ether oxygens (including phenoxy) is 1. The van der Waals surface area contributed by atoms with Gasteiger partial charge in [0.25, 0.3) is 0 Å². The van der Waals surface area contributed by atoms with Crippen molar-refractivity contribution in [2.45, 2.75) is 0 Å². The molecule has 0 bridgehead atoms. The van der Waals surface area contributed by atoms with Crippen molar-refractivity contribution in [3.05, 3.63) is 37.4 Å². The Morgan fingerprint density at radius 2 is 1.46 bits per heavy atom. The van der Waals surface area contributed by atoms with E-state index in [1.54, 1.807) is 0 Å². The molecule has 0 unspecified atom stereocenters. The van der Waals surface area contributed by atoms with Gasteiger partial charge in [-0.1, -0.05) is 18.2 Å². The summed E-state index contributed by atoms with van der Waals surface area (Å²) in [5.41, 5.74) is 0. The molecule has 0 spiro atoms. The van der Waals surface area contributed by atoms with Gasteiger partial charge in [0.1, 0.15) is 0 Å². The zero-order valence-electron chi connectivity index (χ0n) is 7.42. The van der Waals surface area contributed by atoms with Crippen LogP contribution in [0.1, 0.15) is 0 Å². The van der Waals surface area contributed by atoms with Gasteiger partial charge in [-0.2, -0.15) is 7.11 Å². The Hall–Kier alpha value is 0.601. The van der Waals surface area contributed by atoms with Crippen molar-refractivity contribution >= 4 is 7.32 Å². The molecule has 0 aromatic heterocycles. The van der Waals surface area contributed by atoms with Gasteiger partial charge in [0.2, 0.25) is 0 Å². The SMILES string of the molecule is OB(O)O.[CH2-]Oc1ccccc1.[K+]. The predicted octanol–water partition coefficient (Wildman–Crippen LogP) is -3.19. The van der Waals surface area contributed by atoms with E-state index in [1.807, 2.05) is 30.3 Å². The molecule has 0 aliphatic heterocycles. The first-order valence-corrected chi connectivity index (χ1v) is 3.18. The maximum atomic E-state index is 7.17. The van der Waals surface area contributed by atoms with E-state index in [9.17, 15) is 0 Å². The van der Waals surface area contributed by atoms with Crippen molar-refractivity contribution in [3.8, 4) is 5.75 Å². The fraction of sp³-hybridized carbons (Fsp3) is 0. The van der Waals surface area contributed by atoms with Crippen molar-refractivity contribution in [2.75, 3.05) is 0 Å². The van der Waals surface area contributed by atoms with Crippen LogP contribution in [-0.4, -0.2) is 22.4 Å². The van der Waals surface area contributed by atoms with Gasteiger partial charge in [0, 0.05) is 0 Å². The van der Waals surface area contributed by atoms with Crippen molar-refractivity contribution in [3.63, 3.8) is 0 Å². The molecule has 4 nitrogen and oxygen atoms in total. The Morgan fingerprint density at radius 3 is 1.69 bits per heavy atom. The predicted molar refractivity (Wildman–Crippen MR) is 44.8 cm³/mol. The van der Waals surface area contributed by atoms with E-state index >= 15 is 0 Å². The third kappa shape index (κ3) is 12.6. The van der Waals surface area contributed by atoms with Gasteiger partial charge in [0.05, 0.1) is 5.75 Å². The molecule has 1 rings (SSSR count). The number of hydrogen-bond donors (Lipinski definition) is 3. The Bertz CT molecular complexity index is 192. The number of para-hydroxylation sites is 1. The van der Waals surface area contributed by atoms with E-state index in [0.717, 1.165) is 5.75 Å². The summed E-state index contributed by atoms with van der Waals surface area (Å²) in [6, 6.07) is 9.45. The molecule has 0 aliphatic rings. The molecule has 0 amide bonds. The molecule has 0 aliphatic carbocycles. The third-order valence-corrected chi connectivity index (χ3v) is 0.910. The number of rotatable bonds is 1. The average Bonchev–Trinajstić information content (AvgIpc) is 2.05. The summed E-state index contributed by atoms with van der Waals surface area (Å²) in [4.78, 5) is 0. The summed E-state index contributed by atoms with van der Waals surface area (Å²) in [6.45, 7) is 0. The Kier molecular flexibility index (Phi) is 13.2. The monoisotopic (exact) mass is 208 g/mol. The van der Waals surface area contributed by atoms with Crippen molar-refractivity contribution in [1.82, 2.24) is 0 Å². The molecular formula is C7H10BKO4. The largest absolute Gasteiger partial charge is 1.00 e. The molecule has 13 heavy (non-hydrogen) atoms. The zero-order chi connectivity index (χ0) is 9.40. The third-order valence-electron chi connectivity index (χ3n) is 0.910. The molecule has 1 aromatic rings. The first-order valence-electron chi connectivity index (χ1n) is 3.18. The van der Waals surface area contributed by atoms with Crippen LogP contribution in [-0.2, 0) is 0 Å². The van der Waals surface area contributed by atoms with E-state index < -0.39 is 7.32 Å². The van der Waals surface area contributed by atoms with Gasteiger partial charge in [-0.3, -0.25) is 0 Å². The van der Waals surface area contributed by atoms with Crippen LogP contribution in [0.25, 0.3) is 0 Å². The molecule has 66 valence electrons. The zero-order valence-corrected chi connectivity index (χ0v) is 10.5. The van der Waals surface area contributed by atoms with Gasteiger partial charge in [0.15, 0.2) is 0 Å². The minimum atomic E-state index is -2.17. The number of hydrogen-bond acceptors (Lipinski definition) is 4. The van der Waals surface area contributed by atoms with Gasteiger partial charge in [-0.25, -0.2) is 0 Å². The van der Waals surface area contributed by atoms with E-state index in [-0.39, 0.29) is 51.4 Å². The van der Waals surface area contributed by atoms with Gasteiger partial charge in [-0.15, -0.1) is 0 Å². The van der Waals surface area contributed by atoms with E-state index in [2.05, 4.69) is 11.8 Å². The van der Waals surface area contributed by atoms with Crippen LogP contribution in [0.5, 0.6) is 5.75 Å². The molecule has 1 aromatic carbocycles. The van der Waals surface area contributed by atoms with Gasteiger partial charge < -0.3 is 19.8 Å². The van der Waals surface area contributed by atoms with E-state index in [4.69, 9.17) is 15.1 Å². The smallest absolute Gasteiger partial charge is 0.665 e. The summed E-state index contributed by atoms with van der Waals surface area (Å²) in [5.74, 6) is 0.799. The molecule has 0 heterocycles.